The Morgan fingerprint density at radius 2 is 1.73 bits per heavy atom. The fraction of sp³-hybridized carbons (Fsp3) is 1.00. The molecule has 0 aromatic rings. The van der Waals surface area contributed by atoms with E-state index in [1.54, 1.807) is 0 Å². The molecule has 0 aromatic carbocycles. The van der Waals surface area contributed by atoms with E-state index in [4.69, 9.17) is 0 Å². The number of hydrogen-bond donors (Lipinski definition) is 1. The Balaban J connectivity index is 0.000000605. The summed E-state index contributed by atoms with van der Waals surface area (Å²) in [5, 5.41) is 2.91. The summed E-state index contributed by atoms with van der Waals surface area (Å²) in [4.78, 5) is 0. The van der Waals surface area contributed by atoms with E-state index in [1.807, 2.05) is 0 Å². The third-order valence-electron chi connectivity index (χ3n) is 2.81. The molecule has 0 aromatic heterocycles. The lowest BCUT2D eigenvalue weighted by atomic mass is 9.73. The van der Waals surface area contributed by atoms with E-state index in [2.05, 4.69) is 5.32 Å². The first-order chi connectivity index (χ1) is 4.66. The van der Waals surface area contributed by atoms with Crippen molar-refractivity contribution in [2.24, 2.45) is 0 Å². The maximum Gasteiger partial charge on any atom is 0.267 e. The highest BCUT2D eigenvalue weighted by atomic mass is 35.5. The van der Waals surface area contributed by atoms with Crippen molar-refractivity contribution in [2.45, 2.75) is 37.1 Å². The molecular formula is C7H12ClF2N. The highest BCUT2D eigenvalue weighted by Gasteiger charge is 2.59. The summed E-state index contributed by atoms with van der Waals surface area (Å²) >= 11 is 0. The van der Waals surface area contributed by atoms with Crippen LogP contribution >= 0.6 is 12.4 Å². The molecule has 1 aliphatic carbocycles. The minimum Gasteiger partial charge on any atom is -0.306 e. The Hall–Kier alpha value is 0.110. The number of hydrogen-bond acceptors (Lipinski definition) is 1. The van der Waals surface area contributed by atoms with Gasteiger partial charge in [0.25, 0.3) is 5.92 Å². The van der Waals surface area contributed by atoms with E-state index < -0.39 is 11.5 Å². The fourth-order valence-corrected chi connectivity index (χ4v) is 1.90. The Kier molecular flexibility index (Phi) is 2.14. The zero-order valence-electron chi connectivity index (χ0n) is 6.20. The van der Waals surface area contributed by atoms with E-state index >= 15 is 0 Å². The average Bonchev–Trinajstić information content (AvgIpc) is 2.02. The molecule has 1 aliphatic heterocycles. The molecule has 1 N–H and O–H groups in total. The van der Waals surface area contributed by atoms with Crippen LogP contribution in [0.5, 0.6) is 0 Å². The maximum absolute atomic E-state index is 13.0. The highest BCUT2D eigenvalue weighted by Crippen LogP contribution is 2.48. The molecule has 0 radical (unpaired) electrons. The van der Waals surface area contributed by atoms with Gasteiger partial charge < -0.3 is 5.32 Å². The van der Waals surface area contributed by atoms with Crippen molar-refractivity contribution in [1.29, 1.82) is 0 Å². The van der Waals surface area contributed by atoms with Gasteiger partial charge in [-0.3, -0.25) is 0 Å². The molecule has 1 spiro atoms. The normalized spacial score (nSPS) is 31.1. The van der Waals surface area contributed by atoms with Crippen LogP contribution in [-0.4, -0.2) is 18.0 Å². The summed E-state index contributed by atoms with van der Waals surface area (Å²) in [7, 11) is 0. The van der Waals surface area contributed by atoms with Gasteiger partial charge in [-0.25, -0.2) is 8.78 Å². The van der Waals surface area contributed by atoms with Crippen molar-refractivity contribution in [3.05, 3.63) is 0 Å². The molecule has 1 saturated carbocycles. The molecule has 1 saturated heterocycles. The van der Waals surface area contributed by atoms with Crippen LogP contribution in [0.1, 0.15) is 25.7 Å². The van der Waals surface area contributed by atoms with Gasteiger partial charge in [-0.05, 0) is 19.3 Å². The van der Waals surface area contributed by atoms with Gasteiger partial charge in [0.15, 0.2) is 0 Å². The second-order valence-corrected chi connectivity index (χ2v) is 3.32. The Labute approximate surface area is 71.0 Å². The minimum absolute atomic E-state index is 0. The lowest BCUT2D eigenvalue weighted by Gasteiger charge is -2.42. The molecule has 1 heterocycles. The third-order valence-corrected chi connectivity index (χ3v) is 2.81. The van der Waals surface area contributed by atoms with Crippen LogP contribution in [0.25, 0.3) is 0 Å². The van der Waals surface area contributed by atoms with Crippen LogP contribution in [0, 0.1) is 0 Å². The molecule has 4 heteroatoms. The minimum atomic E-state index is -2.43. The third kappa shape index (κ3) is 1.05. The first-order valence-electron chi connectivity index (χ1n) is 3.79. The summed E-state index contributed by atoms with van der Waals surface area (Å²) < 4.78 is 26.0. The van der Waals surface area contributed by atoms with Crippen LogP contribution in [0.3, 0.4) is 0 Å². The van der Waals surface area contributed by atoms with E-state index in [0.717, 1.165) is 6.42 Å². The zero-order chi connectivity index (χ0) is 7.24. The van der Waals surface area contributed by atoms with Gasteiger partial charge in [0.05, 0.1) is 5.54 Å². The molecule has 66 valence electrons. The van der Waals surface area contributed by atoms with Gasteiger partial charge in [-0.2, -0.15) is 0 Å². The maximum atomic E-state index is 13.0. The van der Waals surface area contributed by atoms with Crippen LogP contribution < -0.4 is 5.32 Å². The Morgan fingerprint density at radius 3 is 1.91 bits per heavy atom. The van der Waals surface area contributed by atoms with Crippen LogP contribution in [0.4, 0.5) is 8.78 Å². The summed E-state index contributed by atoms with van der Waals surface area (Å²) in [6.07, 6.45) is 2.33. The van der Waals surface area contributed by atoms with Crippen molar-refractivity contribution in [3.8, 4) is 0 Å². The van der Waals surface area contributed by atoms with Gasteiger partial charge in [0, 0.05) is 13.0 Å². The van der Waals surface area contributed by atoms with Gasteiger partial charge in [0.2, 0.25) is 0 Å². The van der Waals surface area contributed by atoms with Gasteiger partial charge in [0.1, 0.15) is 0 Å². The second-order valence-electron chi connectivity index (χ2n) is 3.32. The summed E-state index contributed by atoms with van der Waals surface area (Å²) in [6.45, 7) is 0.493. The SMILES string of the molecule is Cl.FC1(F)CCNC12CCC2. The van der Waals surface area contributed by atoms with Crippen LogP contribution in [0.2, 0.25) is 0 Å². The van der Waals surface area contributed by atoms with Crippen molar-refractivity contribution in [1.82, 2.24) is 5.32 Å². The van der Waals surface area contributed by atoms with Gasteiger partial charge >= 0.3 is 0 Å². The number of rotatable bonds is 0. The first-order valence-corrected chi connectivity index (χ1v) is 3.79. The average molecular weight is 184 g/mol. The molecule has 2 fully saturated rings. The Bertz CT molecular complexity index is 157. The molecule has 2 aliphatic rings. The van der Waals surface area contributed by atoms with Gasteiger partial charge in [-0.1, -0.05) is 0 Å². The number of halogens is 3. The summed E-state index contributed by atoms with van der Waals surface area (Å²) in [6, 6.07) is 0. The molecular weight excluding hydrogens is 172 g/mol. The molecule has 0 atom stereocenters. The smallest absolute Gasteiger partial charge is 0.267 e. The second kappa shape index (κ2) is 2.56. The number of alkyl halides is 2. The Morgan fingerprint density at radius 1 is 1.09 bits per heavy atom. The lowest BCUT2D eigenvalue weighted by Crippen LogP contribution is -2.56. The highest BCUT2D eigenvalue weighted by molar-refractivity contribution is 5.85. The first kappa shape index (κ1) is 9.20. The van der Waals surface area contributed by atoms with Crippen LogP contribution in [-0.2, 0) is 0 Å². The van der Waals surface area contributed by atoms with Crippen molar-refractivity contribution >= 4 is 12.4 Å². The quantitative estimate of drug-likeness (QED) is 0.606. The monoisotopic (exact) mass is 183 g/mol. The van der Waals surface area contributed by atoms with E-state index in [9.17, 15) is 8.78 Å². The standard InChI is InChI=1S/C7H11F2N.ClH/c8-7(9)4-5-10-6(7)2-1-3-6;/h10H,1-5H2;1H. The molecule has 1 nitrogen and oxygen atoms in total. The predicted octanol–water partition coefficient (Wildman–Crippen LogP) is 1.96. The van der Waals surface area contributed by atoms with Gasteiger partial charge in [-0.15, -0.1) is 12.4 Å². The molecule has 0 amide bonds. The largest absolute Gasteiger partial charge is 0.306 e. The summed E-state index contributed by atoms with van der Waals surface area (Å²) in [5.74, 6) is -2.43. The molecule has 0 unspecified atom stereocenters. The predicted molar refractivity (Wildman–Crippen MR) is 41.4 cm³/mol. The molecule has 11 heavy (non-hydrogen) atoms. The van der Waals surface area contributed by atoms with E-state index in [-0.39, 0.29) is 18.8 Å². The summed E-state index contributed by atoms with van der Waals surface area (Å²) in [5.41, 5.74) is -0.771. The zero-order valence-corrected chi connectivity index (χ0v) is 7.02. The van der Waals surface area contributed by atoms with E-state index in [1.165, 1.54) is 0 Å². The molecule has 0 bridgehead atoms. The van der Waals surface area contributed by atoms with Crippen molar-refractivity contribution in [2.75, 3.05) is 6.54 Å². The fourth-order valence-electron chi connectivity index (χ4n) is 1.90. The molecule has 2 rings (SSSR count). The van der Waals surface area contributed by atoms with Crippen LogP contribution in [0.15, 0.2) is 0 Å². The van der Waals surface area contributed by atoms with E-state index in [0.29, 0.717) is 19.4 Å². The van der Waals surface area contributed by atoms with Crippen molar-refractivity contribution < 1.29 is 8.78 Å². The number of nitrogens with one attached hydrogen (secondary N) is 1. The van der Waals surface area contributed by atoms with Crippen molar-refractivity contribution in [3.63, 3.8) is 0 Å². The topological polar surface area (TPSA) is 12.0 Å². The lowest BCUT2D eigenvalue weighted by molar-refractivity contribution is -0.0928.